The lowest BCUT2D eigenvalue weighted by Crippen LogP contribution is -2.35. The van der Waals surface area contributed by atoms with Crippen molar-refractivity contribution in [3.63, 3.8) is 0 Å². The molecular weight excluding hydrogens is 352 g/mol. The first-order valence-corrected chi connectivity index (χ1v) is 11.1. The van der Waals surface area contributed by atoms with Crippen LogP contribution in [0, 0.1) is 11.3 Å². The number of hydrogen-bond donors (Lipinski definition) is 1. The largest absolute Gasteiger partial charge is 0.493 e. The Kier molecular flexibility index (Phi) is 5.58. The van der Waals surface area contributed by atoms with Crippen molar-refractivity contribution in [2.24, 2.45) is 11.3 Å². The Balaban J connectivity index is 1.42. The number of amides is 1. The van der Waals surface area contributed by atoms with Crippen molar-refractivity contribution in [1.82, 2.24) is 10.2 Å². The van der Waals surface area contributed by atoms with E-state index in [1.54, 1.807) is 18.2 Å². The summed E-state index contributed by atoms with van der Waals surface area (Å²) in [4.78, 5) is 14.7. The molecule has 1 N–H and O–H groups in total. The van der Waals surface area contributed by atoms with Gasteiger partial charge in [0.25, 0.3) is 0 Å². The number of ether oxygens (including phenoxy) is 1. The first-order valence-electron chi connectivity index (χ1n) is 9.20. The van der Waals surface area contributed by atoms with Crippen LogP contribution in [0.15, 0.2) is 29.2 Å². The van der Waals surface area contributed by atoms with E-state index >= 15 is 0 Å². The quantitative estimate of drug-likeness (QED) is 0.729. The van der Waals surface area contributed by atoms with Crippen molar-refractivity contribution in [1.29, 1.82) is 0 Å². The van der Waals surface area contributed by atoms with Gasteiger partial charge in [-0.3, -0.25) is 4.79 Å². The maximum Gasteiger partial charge on any atom is 0.226 e. The molecule has 1 amide bonds. The van der Waals surface area contributed by atoms with E-state index in [1.807, 2.05) is 11.9 Å². The molecule has 6 nitrogen and oxygen atoms in total. The molecule has 1 atom stereocenters. The molecule has 26 heavy (non-hydrogen) atoms. The smallest absolute Gasteiger partial charge is 0.226 e. The fraction of sp³-hybridized carbons (Fsp3) is 0.632. The summed E-state index contributed by atoms with van der Waals surface area (Å²) in [6, 6.07) is 6.51. The molecule has 1 unspecified atom stereocenters. The van der Waals surface area contributed by atoms with E-state index in [9.17, 15) is 13.2 Å². The molecule has 0 bridgehead atoms. The predicted molar refractivity (Wildman–Crippen MR) is 99.9 cm³/mol. The van der Waals surface area contributed by atoms with Crippen LogP contribution < -0.4 is 10.1 Å². The molecule has 1 aromatic carbocycles. The van der Waals surface area contributed by atoms with Crippen LogP contribution in [-0.2, 0) is 14.6 Å². The van der Waals surface area contributed by atoms with Crippen LogP contribution in [0.25, 0.3) is 0 Å². The SMILES string of the molecule is CN(CCCOc1cccc(S(C)(=O)=O)c1)C(=O)C1CC12CCNCC2. The topological polar surface area (TPSA) is 75.7 Å². The normalized spacial score (nSPS) is 21.4. The fourth-order valence-corrected chi connectivity index (χ4v) is 4.49. The Morgan fingerprint density at radius 3 is 2.77 bits per heavy atom. The number of carbonyl (C=O) groups excluding carboxylic acids is 1. The highest BCUT2D eigenvalue weighted by Gasteiger charge is 2.58. The fourth-order valence-electron chi connectivity index (χ4n) is 3.84. The van der Waals surface area contributed by atoms with Crippen molar-refractivity contribution < 1.29 is 17.9 Å². The van der Waals surface area contributed by atoms with Crippen molar-refractivity contribution in [2.45, 2.75) is 30.6 Å². The highest BCUT2D eigenvalue weighted by molar-refractivity contribution is 7.90. The molecule has 1 heterocycles. The standard InChI is InChI=1S/C19H28N2O4S/c1-21(18(22)17-14-19(17)7-9-20-10-8-19)11-4-12-25-15-5-3-6-16(13-15)26(2,23)24/h3,5-6,13,17,20H,4,7-12,14H2,1-2H3. The number of carbonyl (C=O) groups is 1. The van der Waals surface area contributed by atoms with Crippen LogP contribution in [0.4, 0.5) is 0 Å². The molecule has 1 aliphatic heterocycles. The van der Waals surface area contributed by atoms with Crippen LogP contribution in [-0.4, -0.2) is 58.8 Å². The summed E-state index contributed by atoms with van der Waals surface area (Å²) in [5, 5.41) is 3.36. The number of rotatable bonds is 7. The minimum atomic E-state index is -3.23. The Morgan fingerprint density at radius 2 is 2.08 bits per heavy atom. The number of piperidine rings is 1. The zero-order valence-corrected chi connectivity index (χ0v) is 16.3. The van der Waals surface area contributed by atoms with Gasteiger partial charge in [-0.05, 0) is 62.4 Å². The molecule has 1 saturated carbocycles. The van der Waals surface area contributed by atoms with E-state index < -0.39 is 9.84 Å². The highest BCUT2D eigenvalue weighted by atomic mass is 32.2. The second-order valence-electron chi connectivity index (χ2n) is 7.58. The van der Waals surface area contributed by atoms with E-state index in [4.69, 9.17) is 4.74 Å². The van der Waals surface area contributed by atoms with Crippen molar-refractivity contribution in [2.75, 3.05) is 39.5 Å². The second kappa shape index (κ2) is 7.56. The van der Waals surface area contributed by atoms with Gasteiger partial charge in [-0.2, -0.15) is 0 Å². The first-order chi connectivity index (χ1) is 12.3. The maximum absolute atomic E-state index is 12.6. The van der Waals surface area contributed by atoms with Gasteiger partial charge in [-0.25, -0.2) is 8.42 Å². The van der Waals surface area contributed by atoms with E-state index in [1.165, 1.54) is 12.3 Å². The van der Waals surface area contributed by atoms with Crippen LogP contribution in [0.5, 0.6) is 5.75 Å². The maximum atomic E-state index is 12.6. The van der Waals surface area contributed by atoms with Gasteiger partial charge in [0.15, 0.2) is 9.84 Å². The van der Waals surface area contributed by atoms with Crippen LogP contribution in [0.3, 0.4) is 0 Å². The van der Waals surface area contributed by atoms with Crippen LogP contribution in [0.1, 0.15) is 25.7 Å². The third-order valence-electron chi connectivity index (χ3n) is 5.60. The van der Waals surface area contributed by atoms with E-state index in [0.717, 1.165) is 32.4 Å². The van der Waals surface area contributed by atoms with Gasteiger partial charge < -0.3 is 15.0 Å². The number of sulfone groups is 1. The summed E-state index contributed by atoms with van der Waals surface area (Å²) in [5.74, 6) is 0.991. The molecule has 7 heteroatoms. The lowest BCUT2D eigenvalue weighted by Gasteiger charge is -2.25. The number of hydrogen-bond acceptors (Lipinski definition) is 5. The van der Waals surface area contributed by atoms with Gasteiger partial charge in [-0.1, -0.05) is 6.07 Å². The van der Waals surface area contributed by atoms with Gasteiger partial charge in [-0.15, -0.1) is 0 Å². The minimum Gasteiger partial charge on any atom is -0.493 e. The van der Waals surface area contributed by atoms with Gasteiger partial charge in [0.1, 0.15) is 5.75 Å². The summed E-state index contributed by atoms with van der Waals surface area (Å²) in [7, 11) is -1.37. The average molecular weight is 381 g/mol. The third-order valence-corrected chi connectivity index (χ3v) is 6.71. The van der Waals surface area contributed by atoms with E-state index in [2.05, 4.69) is 5.32 Å². The van der Waals surface area contributed by atoms with Crippen LogP contribution in [0.2, 0.25) is 0 Å². The summed E-state index contributed by atoms with van der Waals surface area (Å²) in [5.41, 5.74) is 0.263. The molecular formula is C19H28N2O4S. The van der Waals surface area contributed by atoms with Crippen molar-refractivity contribution in [3.05, 3.63) is 24.3 Å². The monoisotopic (exact) mass is 380 g/mol. The number of nitrogens with one attached hydrogen (secondary N) is 1. The summed E-state index contributed by atoms with van der Waals surface area (Å²) in [6.07, 6.45) is 5.15. The molecule has 1 aliphatic carbocycles. The summed E-state index contributed by atoms with van der Waals surface area (Å²) >= 11 is 0. The lowest BCUT2D eigenvalue weighted by atomic mass is 9.91. The minimum absolute atomic E-state index is 0.196. The molecule has 3 rings (SSSR count). The summed E-state index contributed by atoms with van der Waals surface area (Å²) in [6.45, 7) is 3.14. The third kappa shape index (κ3) is 4.38. The Hall–Kier alpha value is -1.60. The zero-order valence-electron chi connectivity index (χ0n) is 15.5. The molecule has 2 aliphatic rings. The molecule has 0 aromatic heterocycles. The van der Waals surface area contributed by atoms with Crippen molar-refractivity contribution in [3.8, 4) is 5.75 Å². The number of nitrogens with zero attached hydrogens (tertiary/aromatic N) is 1. The predicted octanol–water partition coefficient (Wildman–Crippen LogP) is 1.71. The van der Waals surface area contributed by atoms with E-state index in [-0.39, 0.29) is 22.1 Å². The van der Waals surface area contributed by atoms with Crippen molar-refractivity contribution >= 4 is 15.7 Å². The lowest BCUT2D eigenvalue weighted by molar-refractivity contribution is -0.132. The molecule has 0 radical (unpaired) electrons. The highest BCUT2D eigenvalue weighted by Crippen LogP contribution is 2.59. The van der Waals surface area contributed by atoms with E-state index in [0.29, 0.717) is 25.3 Å². The first kappa shape index (κ1) is 19.2. The number of benzene rings is 1. The van der Waals surface area contributed by atoms with Gasteiger partial charge in [0, 0.05) is 25.8 Å². The van der Waals surface area contributed by atoms with Gasteiger partial charge in [0.05, 0.1) is 11.5 Å². The molecule has 1 spiro atoms. The second-order valence-corrected chi connectivity index (χ2v) is 9.59. The molecule has 1 saturated heterocycles. The Morgan fingerprint density at radius 1 is 1.35 bits per heavy atom. The Labute approximate surface area is 155 Å². The molecule has 1 aromatic rings. The van der Waals surface area contributed by atoms with Gasteiger partial charge in [0.2, 0.25) is 5.91 Å². The zero-order chi connectivity index (χ0) is 18.8. The molecule has 2 fully saturated rings. The molecule has 144 valence electrons. The summed E-state index contributed by atoms with van der Waals surface area (Å²) < 4.78 is 28.8. The van der Waals surface area contributed by atoms with Crippen LogP contribution >= 0.6 is 0 Å². The average Bonchev–Trinajstić information content (AvgIpc) is 3.30. The Bertz CT molecular complexity index is 757. The van der Waals surface area contributed by atoms with Gasteiger partial charge >= 0.3 is 0 Å².